The number of carbonyl (C=O) groups excluding carboxylic acids is 1. The highest BCUT2D eigenvalue weighted by Crippen LogP contribution is 2.21. The molecule has 3 rings (SSSR count). The van der Waals surface area contributed by atoms with Crippen LogP contribution < -0.4 is 15.5 Å². The average Bonchev–Trinajstić information content (AvgIpc) is 2.56. The first kappa shape index (κ1) is 14.4. The molecular weight excluding hydrogens is 266 g/mol. The number of nitrogens with one attached hydrogen (secondary N) is 2. The summed E-state index contributed by atoms with van der Waals surface area (Å²) in [7, 11) is 0. The van der Waals surface area contributed by atoms with Crippen molar-refractivity contribution in [3.63, 3.8) is 0 Å². The summed E-state index contributed by atoms with van der Waals surface area (Å²) in [6.07, 6.45) is 2.01. The van der Waals surface area contributed by atoms with E-state index in [2.05, 4.69) is 15.5 Å². The lowest BCUT2D eigenvalue weighted by atomic mass is 10.1. The zero-order valence-corrected chi connectivity index (χ0v) is 12.3. The molecule has 1 aromatic carbocycles. The normalized spacial score (nSPS) is 20.3. The number of carbonyl (C=O) groups is 1. The van der Waals surface area contributed by atoms with Crippen molar-refractivity contribution in [2.75, 3.05) is 44.3 Å². The Morgan fingerprint density at radius 2 is 1.90 bits per heavy atom. The van der Waals surface area contributed by atoms with Crippen molar-refractivity contribution >= 4 is 11.6 Å². The number of rotatable bonds is 3. The van der Waals surface area contributed by atoms with Gasteiger partial charge >= 0.3 is 0 Å². The van der Waals surface area contributed by atoms with Gasteiger partial charge in [0.2, 0.25) is 0 Å². The predicted molar refractivity (Wildman–Crippen MR) is 82.8 cm³/mol. The van der Waals surface area contributed by atoms with Gasteiger partial charge in [0.05, 0.1) is 18.8 Å². The zero-order valence-electron chi connectivity index (χ0n) is 12.3. The Balaban J connectivity index is 1.72. The Morgan fingerprint density at radius 1 is 1.19 bits per heavy atom. The summed E-state index contributed by atoms with van der Waals surface area (Å²) in [6, 6.07) is 8.16. The van der Waals surface area contributed by atoms with E-state index in [0.717, 1.165) is 63.5 Å². The first-order valence-corrected chi connectivity index (χ1v) is 7.78. The molecule has 0 aliphatic carbocycles. The first-order valence-electron chi connectivity index (χ1n) is 7.78. The lowest BCUT2D eigenvalue weighted by Crippen LogP contribution is -2.43. The fourth-order valence-corrected chi connectivity index (χ4v) is 2.98. The Morgan fingerprint density at radius 3 is 2.67 bits per heavy atom. The molecule has 5 heteroatoms. The summed E-state index contributed by atoms with van der Waals surface area (Å²) in [5, 5.41) is 6.50. The molecule has 5 nitrogen and oxygen atoms in total. The third kappa shape index (κ3) is 3.54. The van der Waals surface area contributed by atoms with Gasteiger partial charge in [0.15, 0.2) is 0 Å². The number of hydrogen-bond acceptors (Lipinski definition) is 4. The third-order valence-corrected chi connectivity index (χ3v) is 4.17. The molecule has 2 aliphatic rings. The van der Waals surface area contributed by atoms with Crippen LogP contribution in [0, 0.1) is 0 Å². The van der Waals surface area contributed by atoms with Gasteiger partial charge < -0.3 is 20.3 Å². The summed E-state index contributed by atoms with van der Waals surface area (Å²) in [5.74, 6) is 0.0454. The zero-order chi connectivity index (χ0) is 14.5. The molecule has 114 valence electrons. The maximum atomic E-state index is 12.6. The molecule has 2 saturated heterocycles. The highest BCUT2D eigenvalue weighted by atomic mass is 16.5. The molecule has 0 aromatic heterocycles. The fourth-order valence-electron chi connectivity index (χ4n) is 2.98. The van der Waals surface area contributed by atoms with Crippen LogP contribution in [0.5, 0.6) is 0 Å². The fraction of sp³-hybridized carbons (Fsp3) is 0.562. The number of piperidine rings is 1. The van der Waals surface area contributed by atoms with Crippen LogP contribution in [0.4, 0.5) is 5.69 Å². The van der Waals surface area contributed by atoms with Gasteiger partial charge in [0.25, 0.3) is 5.91 Å². The van der Waals surface area contributed by atoms with Gasteiger partial charge in [-0.15, -0.1) is 0 Å². The molecule has 1 aromatic rings. The number of ether oxygens (including phenoxy) is 1. The van der Waals surface area contributed by atoms with E-state index in [9.17, 15) is 4.79 Å². The van der Waals surface area contributed by atoms with Crippen LogP contribution in [0.1, 0.15) is 23.2 Å². The summed E-state index contributed by atoms with van der Waals surface area (Å²) < 4.78 is 5.39. The molecule has 2 heterocycles. The number of para-hydroxylation sites is 1. The number of amides is 1. The second-order valence-electron chi connectivity index (χ2n) is 5.61. The molecule has 0 unspecified atom stereocenters. The van der Waals surface area contributed by atoms with Crippen LogP contribution in [0.15, 0.2) is 24.3 Å². The molecule has 0 atom stereocenters. The molecule has 0 spiro atoms. The minimum absolute atomic E-state index is 0.0454. The Hall–Kier alpha value is -1.59. The van der Waals surface area contributed by atoms with Crippen LogP contribution in [-0.2, 0) is 4.74 Å². The van der Waals surface area contributed by atoms with Crippen molar-refractivity contribution in [1.82, 2.24) is 10.6 Å². The maximum absolute atomic E-state index is 12.6. The molecule has 2 aliphatic heterocycles. The predicted octanol–water partition coefficient (Wildman–Crippen LogP) is 1.00. The van der Waals surface area contributed by atoms with E-state index in [1.807, 2.05) is 24.3 Å². The highest BCUT2D eigenvalue weighted by Gasteiger charge is 2.21. The lowest BCUT2D eigenvalue weighted by Gasteiger charge is -2.31. The number of hydrogen-bond donors (Lipinski definition) is 2. The first-order chi connectivity index (χ1) is 10.3. The molecule has 21 heavy (non-hydrogen) atoms. The van der Waals surface area contributed by atoms with E-state index >= 15 is 0 Å². The molecule has 0 saturated carbocycles. The smallest absolute Gasteiger partial charge is 0.253 e. The van der Waals surface area contributed by atoms with Gasteiger partial charge in [0, 0.05) is 24.8 Å². The van der Waals surface area contributed by atoms with Crippen molar-refractivity contribution in [2.24, 2.45) is 0 Å². The number of nitrogens with zero attached hydrogens (tertiary/aromatic N) is 1. The van der Waals surface area contributed by atoms with Gasteiger partial charge in [-0.1, -0.05) is 12.1 Å². The van der Waals surface area contributed by atoms with Crippen molar-refractivity contribution in [3.05, 3.63) is 29.8 Å². The van der Waals surface area contributed by atoms with Crippen molar-refractivity contribution in [2.45, 2.75) is 18.9 Å². The van der Waals surface area contributed by atoms with E-state index in [1.165, 1.54) is 0 Å². The van der Waals surface area contributed by atoms with E-state index in [0.29, 0.717) is 0 Å². The summed E-state index contributed by atoms with van der Waals surface area (Å²) >= 11 is 0. The second-order valence-corrected chi connectivity index (χ2v) is 5.61. The van der Waals surface area contributed by atoms with Crippen LogP contribution in [0.2, 0.25) is 0 Å². The quantitative estimate of drug-likeness (QED) is 0.872. The standard InChI is InChI=1S/C16H23N3O2/c20-16(18-13-5-7-17-8-6-13)14-3-1-2-4-15(14)19-9-11-21-12-10-19/h1-4,13,17H,5-12H2,(H,18,20). The molecule has 0 bridgehead atoms. The van der Waals surface area contributed by atoms with Gasteiger partial charge in [0.1, 0.15) is 0 Å². The van der Waals surface area contributed by atoms with E-state index < -0.39 is 0 Å². The van der Waals surface area contributed by atoms with Crippen molar-refractivity contribution < 1.29 is 9.53 Å². The molecule has 1 amide bonds. The van der Waals surface area contributed by atoms with Crippen LogP contribution >= 0.6 is 0 Å². The SMILES string of the molecule is O=C(NC1CCNCC1)c1ccccc1N1CCOCC1. The van der Waals surface area contributed by atoms with E-state index in [1.54, 1.807) is 0 Å². The van der Waals surface area contributed by atoms with Gasteiger partial charge in [-0.25, -0.2) is 0 Å². The van der Waals surface area contributed by atoms with E-state index in [-0.39, 0.29) is 11.9 Å². The van der Waals surface area contributed by atoms with Crippen molar-refractivity contribution in [3.8, 4) is 0 Å². The number of benzene rings is 1. The molecular formula is C16H23N3O2. The topological polar surface area (TPSA) is 53.6 Å². The second kappa shape index (κ2) is 6.91. The number of morpholine rings is 1. The number of anilines is 1. The maximum Gasteiger partial charge on any atom is 0.253 e. The minimum atomic E-state index is 0.0454. The Kier molecular flexibility index (Phi) is 4.72. The average molecular weight is 289 g/mol. The Labute approximate surface area is 125 Å². The third-order valence-electron chi connectivity index (χ3n) is 4.17. The monoisotopic (exact) mass is 289 g/mol. The molecule has 0 radical (unpaired) electrons. The van der Waals surface area contributed by atoms with Gasteiger partial charge in [-0.2, -0.15) is 0 Å². The Bertz CT molecular complexity index is 480. The van der Waals surface area contributed by atoms with Crippen molar-refractivity contribution in [1.29, 1.82) is 0 Å². The summed E-state index contributed by atoms with van der Waals surface area (Å²) in [4.78, 5) is 14.8. The lowest BCUT2D eigenvalue weighted by molar-refractivity contribution is 0.0928. The largest absolute Gasteiger partial charge is 0.378 e. The highest BCUT2D eigenvalue weighted by molar-refractivity contribution is 6.00. The van der Waals surface area contributed by atoms with Gasteiger partial charge in [-0.3, -0.25) is 4.79 Å². The van der Waals surface area contributed by atoms with Crippen LogP contribution in [0.25, 0.3) is 0 Å². The summed E-state index contributed by atoms with van der Waals surface area (Å²) in [6.45, 7) is 5.11. The minimum Gasteiger partial charge on any atom is -0.378 e. The molecule has 2 fully saturated rings. The molecule has 2 N–H and O–H groups in total. The van der Waals surface area contributed by atoms with Crippen LogP contribution in [0.3, 0.4) is 0 Å². The van der Waals surface area contributed by atoms with Crippen LogP contribution in [-0.4, -0.2) is 51.3 Å². The van der Waals surface area contributed by atoms with Gasteiger partial charge in [-0.05, 0) is 38.1 Å². The summed E-state index contributed by atoms with van der Waals surface area (Å²) in [5.41, 5.74) is 1.80. The van der Waals surface area contributed by atoms with E-state index in [4.69, 9.17) is 4.74 Å².